The number of hydrogen-bond acceptors (Lipinski definition) is 3. The molecule has 1 heterocycles. The van der Waals surface area contributed by atoms with Gasteiger partial charge in [0.2, 0.25) is 5.78 Å². The van der Waals surface area contributed by atoms with E-state index < -0.39 is 5.60 Å². The van der Waals surface area contributed by atoms with Gasteiger partial charge in [0.1, 0.15) is 5.60 Å². The molecule has 0 spiro atoms. The first-order valence-electron chi connectivity index (χ1n) is 6.22. The molecule has 1 aliphatic carbocycles. The molecular weight excluding hydrogens is 204 g/mol. The summed E-state index contributed by atoms with van der Waals surface area (Å²) in [4.78, 5) is 12.1. The van der Waals surface area contributed by atoms with Gasteiger partial charge in [-0.1, -0.05) is 6.92 Å². The molecule has 0 radical (unpaired) electrons. The lowest BCUT2D eigenvalue weighted by atomic mass is 9.76. The first kappa shape index (κ1) is 11.6. The minimum Gasteiger partial charge on any atom is -0.490 e. The maximum Gasteiger partial charge on any atom is 0.228 e. The Morgan fingerprint density at radius 3 is 2.75 bits per heavy atom. The van der Waals surface area contributed by atoms with E-state index in [1.807, 2.05) is 6.08 Å². The van der Waals surface area contributed by atoms with E-state index in [1.165, 1.54) is 0 Å². The molecule has 0 aromatic carbocycles. The number of allylic oxidation sites excluding steroid dienone is 1. The van der Waals surface area contributed by atoms with Crippen LogP contribution in [0.3, 0.4) is 0 Å². The predicted molar refractivity (Wildman–Crippen MR) is 60.9 cm³/mol. The third-order valence-corrected chi connectivity index (χ3v) is 3.68. The van der Waals surface area contributed by atoms with Crippen LogP contribution in [0.2, 0.25) is 0 Å². The molecule has 16 heavy (non-hydrogen) atoms. The average Bonchev–Trinajstić information content (AvgIpc) is 2.33. The molecule has 90 valence electrons. The minimum absolute atomic E-state index is 0.195. The highest BCUT2D eigenvalue weighted by atomic mass is 16.5. The molecule has 1 saturated carbocycles. The van der Waals surface area contributed by atoms with E-state index in [-0.39, 0.29) is 5.78 Å². The second kappa shape index (κ2) is 4.58. The lowest BCUT2D eigenvalue weighted by Gasteiger charge is -2.34. The average molecular weight is 224 g/mol. The first-order valence-corrected chi connectivity index (χ1v) is 6.22. The molecule has 1 fully saturated rings. The van der Waals surface area contributed by atoms with Crippen LogP contribution in [-0.4, -0.2) is 23.1 Å². The molecule has 0 saturated heterocycles. The van der Waals surface area contributed by atoms with E-state index in [9.17, 15) is 9.90 Å². The molecular formula is C13H20O3. The highest BCUT2D eigenvalue weighted by Crippen LogP contribution is 2.34. The zero-order valence-electron chi connectivity index (χ0n) is 9.87. The van der Waals surface area contributed by atoms with Crippen molar-refractivity contribution in [2.75, 3.05) is 6.61 Å². The van der Waals surface area contributed by atoms with Crippen LogP contribution in [0.25, 0.3) is 0 Å². The molecule has 0 atom stereocenters. The number of carbonyl (C=O) groups is 1. The molecule has 0 unspecified atom stereocenters. The van der Waals surface area contributed by atoms with Gasteiger partial charge >= 0.3 is 0 Å². The van der Waals surface area contributed by atoms with Crippen LogP contribution >= 0.6 is 0 Å². The number of Topliss-reactive ketones (excluding diaryl/α,β-unsaturated/α-hetero) is 1. The number of hydrogen-bond donors (Lipinski definition) is 1. The summed E-state index contributed by atoms with van der Waals surface area (Å²) in [5.41, 5.74) is -1.16. The van der Waals surface area contributed by atoms with Crippen molar-refractivity contribution in [3.05, 3.63) is 11.8 Å². The number of ether oxygens (including phenoxy) is 1. The third kappa shape index (κ3) is 2.29. The summed E-state index contributed by atoms with van der Waals surface area (Å²) in [5.74, 6) is 0.816. The Morgan fingerprint density at radius 2 is 2.19 bits per heavy atom. The van der Waals surface area contributed by atoms with Gasteiger partial charge in [-0.3, -0.25) is 4.79 Å². The van der Waals surface area contributed by atoms with E-state index >= 15 is 0 Å². The third-order valence-electron chi connectivity index (χ3n) is 3.68. The Hall–Kier alpha value is -0.830. The monoisotopic (exact) mass is 224 g/mol. The SMILES string of the molecule is CC1CCC(O)(C(=O)C2=CCCCO2)CC1. The van der Waals surface area contributed by atoms with Crippen LogP contribution in [0, 0.1) is 5.92 Å². The molecule has 2 rings (SSSR count). The Labute approximate surface area is 96.5 Å². The van der Waals surface area contributed by atoms with Gasteiger partial charge in [-0.15, -0.1) is 0 Å². The Kier molecular flexibility index (Phi) is 3.33. The van der Waals surface area contributed by atoms with Crippen molar-refractivity contribution in [2.24, 2.45) is 5.92 Å². The lowest BCUT2D eigenvalue weighted by molar-refractivity contribution is -0.141. The second-order valence-corrected chi connectivity index (χ2v) is 5.10. The summed E-state index contributed by atoms with van der Waals surface area (Å²) in [6.07, 6.45) is 6.67. The van der Waals surface area contributed by atoms with E-state index in [2.05, 4.69) is 6.92 Å². The molecule has 1 aliphatic heterocycles. The highest BCUT2D eigenvalue weighted by Gasteiger charge is 2.41. The van der Waals surface area contributed by atoms with Gasteiger partial charge in [-0.2, -0.15) is 0 Å². The zero-order chi connectivity index (χ0) is 11.6. The molecule has 0 bridgehead atoms. The standard InChI is InChI=1S/C13H20O3/c1-10-5-7-13(15,8-6-10)12(14)11-4-2-3-9-16-11/h4,10,15H,2-3,5-9H2,1H3. The van der Waals surface area contributed by atoms with Gasteiger partial charge in [0.25, 0.3) is 0 Å². The maximum atomic E-state index is 12.1. The van der Waals surface area contributed by atoms with Gasteiger partial charge in [0.05, 0.1) is 6.61 Å². The van der Waals surface area contributed by atoms with Crippen molar-refractivity contribution in [1.29, 1.82) is 0 Å². The summed E-state index contributed by atoms with van der Waals surface area (Å²) in [5, 5.41) is 10.3. The van der Waals surface area contributed by atoms with Gasteiger partial charge in [-0.05, 0) is 50.5 Å². The van der Waals surface area contributed by atoms with E-state index in [0.717, 1.165) is 25.7 Å². The Balaban J connectivity index is 2.05. The van der Waals surface area contributed by atoms with Crippen molar-refractivity contribution in [1.82, 2.24) is 0 Å². The fourth-order valence-corrected chi connectivity index (χ4v) is 2.41. The fraction of sp³-hybridized carbons (Fsp3) is 0.769. The Morgan fingerprint density at radius 1 is 1.50 bits per heavy atom. The number of rotatable bonds is 2. The largest absolute Gasteiger partial charge is 0.490 e. The summed E-state index contributed by atoms with van der Waals surface area (Å²) < 4.78 is 5.34. The van der Waals surface area contributed by atoms with Gasteiger partial charge in [0.15, 0.2) is 5.76 Å². The summed E-state index contributed by atoms with van der Waals surface area (Å²) in [6.45, 7) is 2.77. The highest BCUT2D eigenvalue weighted by molar-refractivity contribution is 6.00. The lowest BCUT2D eigenvalue weighted by Crippen LogP contribution is -2.43. The van der Waals surface area contributed by atoms with E-state index in [4.69, 9.17) is 4.74 Å². The summed E-state index contributed by atoms with van der Waals surface area (Å²) >= 11 is 0. The molecule has 3 heteroatoms. The summed E-state index contributed by atoms with van der Waals surface area (Å²) in [7, 11) is 0. The van der Waals surface area contributed by atoms with Crippen LogP contribution < -0.4 is 0 Å². The van der Waals surface area contributed by atoms with Gasteiger partial charge < -0.3 is 9.84 Å². The van der Waals surface area contributed by atoms with E-state index in [0.29, 0.717) is 31.1 Å². The van der Waals surface area contributed by atoms with Crippen molar-refractivity contribution in [3.63, 3.8) is 0 Å². The molecule has 2 aliphatic rings. The van der Waals surface area contributed by atoms with Crippen molar-refractivity contribution < 1.29 is 14.6 Å². The molecule has 0 aromatic rings. The molecule has 3 nitrogen and oxygen atoms in total. The van der Waals surface area contributed by atoms with Crippen molar-refractivity contribution in [2.45, 2.75) is 51.0 Å². The number of carbonyl (C=O) groups excluding carboxylic acids is 1. The van der Waals surface area contributed by atoms with Crippen molar-refractivity contribution in [3.8, 4) is 0 Å². The van der Waals surface area contributed by atoms with Crippen LogP contribution in [-0.2, 0) is 9.53 Å². The van der Waals surface area contributed by atoms with E-state index in [1.54, 1.807) is 0 Å². The number of aliphatic hydroxyl groups is 1. The summed E-state index contributed by atoms with van der Waals surface area (Å²) in [6, 6.07) is 0. The molecule has 0 amide bonds. The first-order chi connectivity index (χ1) is 7.62. The topological polar surface area (TPSA) is 46.5 Å². The predicted octanol–water partition coefficient (Wildman–Crippen LogP) is 2.19. The molecule has 0 aromatic heterocycles. The minimum atomic E-state index is -1.16. The maximum absolute atomic E-state index is 12.1. The zero-order valence-corrected chi connectivity index (χ0v) is 9.87. The Bertz CT molecular complexity index is 298. The van der Waals surface area contributed by atoms with Crippen LogP contribution in [0.15, 0.2) is 11.8 Å². The quantitative estimate of drug-likeness (QED) is 0.782. The second-order valence-electron chi connectivity index (χ2n) is 5.10. The van der Waals surface area contributed by atoms with Gasteiger partial charge in [-0.25, -0.2) is 0 Å². The van der Waals surface area contributed by atoms with Gasteiger partial charge in [0, 0.05) is 0 Å². The van der Waals surface area contributed by atoms with Crippen LogP contribution in [0.1, 0.15) is 45.4 Å². The normalized spacial score (nSPS) is 35.1. The smallest absolute Gasteiger partial charge is 0.228 e. The fourth-order valence-electron chi connectivity index (χ4n) is 2.41. The van der Waals surface area contributed by atoms with Crippen LogP contribution in [0.5, 0.6) is 0 Å². The van der Waals surface area contributed by atoms with Crippen LogP contribution in [0.4, 0.5) is 0 Å². The van der Waals surface area contributed by atoms with Crippen molar-refractivity contribution >= 4 is 5.78 Å². The molecule has 1 N–H and O–H groups in total. The number of ketones is 1.